The van der Waals surface area contributed by atoms with E-state index < -0.39 is 0 Å². The fraction of sp³-hybridized carbons (Fsp3) is 0.385. The van der Waals surface area contributed by atoms with Crippen molar-refractivity contribution >= 4 is 39.2 Å². The summed E-state index contributed by atoms with van der Waals surface area (Å²) in [7, 11) is 0. The zero-order chi connectivity index (χ0) is 15.0. The number of amides is 2. The van der Waals surface area contributed by atoms with Gasteiger partial charge in [0.1, 0.15) is 15.2 Å². The van der Waals surface area contributed by atoms with Crippen molar-refractivity contribution in [3.8, 4) is 0 Å². The highest BCUT2D eigenvalue weighted by Gasteiger charge is 2.30. The van der Waals surface area contributed by atoms with Crippen LogP contribution in [0.25, 0.3) is 10.3 Å². The maximum atomic E-state index is 12.6. The molecule has 0 aromatic carbocycles. The van der Waals surface area contributed by atoms with Gasteiger partial charge in [0.05, 0.1) is 5.69 Å². The molecular weight excluding hydrogens is 290 g/mol. The normalized spacial score (nSPS) is 18.1. The number of hydrogen-bond acceptors (Lipinski definition) is 6. The summed E-state index contributed by atoms with van der Waals surface area (Å²) in [5.74, 6) is -0.200. The topological polar surface area (TPSA) is 101 Å². The Morgan fingerprint density at radius 2 is 2.19 bits per heavy atom. The van der Waals surface area contributed by atoms with Crippen LogP contribution in [0.2, 0.25) is 0 Å². The van der Waals surface area contributed by atoms with E-state index in [4.69, 9.17) is 5.73 Å². The molecule has 1 aliphatic heterocycles. The van der Waals surface area contributed by atoms with Gasteiger partial charge in [-0.25, -0.2) is 9.97 Å². The molecule has 1 aliphatic rings. The molecule has 3 rings (SSSR count). The molecule has 1 fully saturated rings. The van der Waals surface area contributed by atoms with Crippen LogP contribution in [-0.4, -0.2) is 45.8 Å². The van der Waals surface area contributed by atoms with Crippen LogP contribution in [0.15, 0.2) is 12.4 Å². The molecule has 21 heavy (non-hydrogen) atoms. The van der Waals surface area contributed by atoms with E-state index in [1.807, 2.05) is 0 Å². The lowest BCUT2D eigenvalue weighted by molar-refractivity contribution is -0.119. The lowest BCUT2D eigenvalue weighted by Gasteiger charge is -2.16. The number of nitrogens with one attached hydrogen (secondary N) is 1. The van der Waals surface area contributed by atoms with Crippen molar-refractivity contribution < 1.29 is 9.59 Å². The quantitative estimate of drug-likeness (QED) is 0.847. The molecule has 2 aromatic heterocycles. The predicted molar refractivity (Wildman–Crippen MR) is 80.0 cm³/mol. The molecular formula is C13H15N5O2S. The monoisotopic (exact) mass is 305 g/mol. The molecule has 110 valence electrons. The number of nitrogens with two attached hydrogens (primary N) is 1. The van der Waals surface area contributed by atoms with Crippen LogP contribution in [0, 0.1) is 0 Å². The third-order valence-electron chi connectivity index (χ3n) is 3.44. The zero-order valence-corrected chi connectivity index (χ0v) is 12.3. The number of carbonyl (C=O) groups is 2. The Morgan fingerprint density at radius 1 is 1.43 bits per heavy atom. The largest absolute Gasteiger partial charge is 0.396 e. The molecule has 2 amide bonds. The summed E-state index contributed by atoms with van der Waals surface area (Å²) in [4.78, 5) is 34.8. The van der Waals surface area contributed by atoms with Crippen molar-refractivity contribution in [2.75, 3.05) is 18.8 Å². The summed E-state index contributed by atoms with van der Waals surface area (Å²) in [5.41, 5.74) is 6.97. The Labute approximate surface area is 125 Å². The van der Waals surface area contributed by atoms with Crippen LogP contribution >= 0.6 is 11.3 Å². The van der Waals surface area contributed by atoms with E-state index in [1.54, 1.807) is 17.3 Å². The average molecular weight is 305 g/mol. The molecule has 3 heterocycles. The molecule has 2 aromatic rings. The summed E-state index contributed by atoms with van der Waals surface area (Å²) in [6, 6.07) is 0.0123. The fourth-order valence-corrected chi connectivity index (χ4v) is 3.49. The number of likely N-dealkylation sites (tertiary alicyclic amines) is 1. The van der Waals surface area contributed by atoms with Crippen molar-refractivity contribution in [3.63, 3.8) is 0 Å². The number of anilines is 1. The highest BCUT2D eigenvalue weighted by Crippen LogP contribution is 2.32. The molecule has 7 nitrogen and oxygen atoms in total. The smallest absolute Gasteiger partial charge is 0.266 e. The van der Waals surface area contributed by atoms with Gasteiger partial charge < -0.3 is 16.0 Å². The minimum Gasteiger partial charge on any atom is -0.396 e. The van der Waals surface area contributed by atoms with Crippen molar-refractivity contribution in [3.05, 3.63) is 17.3 Å². The van der Waals surface area contributed by atoms with Gasteiger partial charge in [-0.1, -0.05) is 0 Å². The summed E-state index contributed by atoms with van der Waals surface area (Å²) < 4.78 is 0. The Hall–Kier alpha value is -2.22. The predicted octanol–water partition coefficient (Wildman–Crippen LogP) is 0.624. The van der Waals surface area contributed by atoms with Crippen LogP contribution in [0.4, 0.5) is 5.69 Å². The van der Waals surface area contributed by atoms with Crippen LogP contribution in [0.5, 0.6) is 0 Å². The van der Waals surface area contributed by atoms with E-state index in [2.05, 4.69) is 15.3 Å². The molecule has 0 saturated carbocycles. The second kappa shape index (κ2) is 5.28. The highest BCUT2D eigenvalue weighted by molar-refractivity contribution is 7.21. The van der Waals surface area contributed by atoms with Crippen LogP contribution in [0.1, 0.15) is 23.0 Å². The number of aromatic nitrogens is 2. The lowest BCUT2D eigenvalue weighted by Crippen LogP contribution is -2.37. The Balaban J connectivity index is 1.81. The Kier molecular flexibility index (Phi) is 3.46. The summed E-state index contributed by atoms with van der Waals surface area (Å²) in [6.45, 7) is 2.59. The van der Waals surface area contributed by atoms with Gasteiger partial charge in [-0.05, 0) is 6.42 Å². The van der Waals surface area contributed by atoms with Gasteiger partial charge in [0.15, 0.2) is 0 Å². The molecule has 0 spiro atoms. The Morgan fingerprint density at radius 3 is 2.90 bits per heavy atom. The molecule has 8 heteroatoms. The fourth-order valence-electron chi connectivity index (χ4n) is 2.50. The number of rotatable bonds is 2. The number of nitrogens with zero attached hydrogens (tertiary/aromatic N) is 3. The summed E-state index contributed by atoms with van der Waals surface area (Å²) >= 11 is 1.26. The number of hydrogen-bond donors (Lipinski definition) is 2. The third-order valence-corrected chi connectivity index (χ3v) is 4.53. The standard InChI is InChI=1S/C13H15N5O2S/c1-7(19)17-8-2-5-18(6-8)13(20)11-9(14)10-12(21-11)16-4-3-15-10/h3-4,8H,2,5-6,14H2,1H3,(H,17,19). The van der Waals surface area contributed by atoms with E-state index in [-0.39, 0.29) is 17.9 Å². The zero-order valence-electron chi connectivity index (χ0n) is 11.5. The van der Waals surface area contributed by atoms with Crippen molar-refractivity contribution in [2.45, 2.75) is 19.4 Å². The van der Waals surface area contributed by atoms with E-state index in [0.717, 1.165) is 6.42 Å². The van der Waals surface area contributed by atoms with Gasteiger partial charge in [-0.3, -0.25) is 9.59 Å². The molecule has 1 unspecified atom stereocenters. The van der Waals surface area contributed by atoms with E-state index >= 15 is 0 Å². The SMILES string of the molecule is CC(=O)NC1CCN(C(=O)c2sc3nccnc3c2N)C1. The van der Waals surface area contributed by atoms with Gasteiger partial charge in [-0.15, -0.1) is 11.3 Å². The van der Waals surface area contributed by atoms with E-state index in [0.29, 0.717) is 34.0 Å². The van der Waals surface area contributed by atoms with Gasteiger partial charge >= 0.3 is 0 Å². The van der Waals surface area contributed by atoms with E-state index in [1.165, 1.54) is 18.3 Å². The number of nitrogen functional groups attached to an aromatic ring is 1. The molecule has 0 aliphatic carbocycles. The van der Waals surface area contributed by atoms with Crippen LogP contribution < -0.4 is 11.1 Å². The summed E-state index contributed by atoms with van der Waals surface area (Å²) in [5, 5.41) is 2.83. The minimum atomic E-state index is -0.120. The van der Waals surface area contributed by atoms with Crippen LogP contribution in [0.3, 0.4) is 0 Å². The molecule has 0 radical (unpaired) electrons. The van der Waals surface area contributed by atoms with Gasteiger partial charge in [-0.2, -0.15) is 0 Å². The van der Waals surface area contributed by atoms with Gasteiger partial charge in [0.2, 0.25) is 5.91 Å². The second-order valence-electron chi connectivity index (χ2n) is 4.99. The number of thiophene rings is 1. The molecule has 0 bridgehead atoms. The first-order valence-corrected chi connectivity index (χ1v) is 7.43. The van der Waals surface area contributed by atoms with Crippen molar-refractivity contribution in [1.29, 1.82) is 0 Å². The van der Waals surface area contributed by atoms with Crippen molar-refractivity contribution in [1.82, 2.24) is 20.2 Å². The molecule has 1 atom stereocenters. The average Bonchev–Trinajstić information content (AvgIpc) is 3.03. The number of carbonyl (C=O) groups excluding carboxylic acids is 2. The summed E-state index contributed by atoms with van der Waals surface area (Å²) in [6.07, 6.45) is 3.89. The maximum absolute atomic E-state index is 12.6. The minimum absolute atomic E-state index is 0.0123. The number of fused-ring (bicyclic) bond motifs is 1. The highest BCUT2D eigenvalue weighted by atomic mass is 32.1. The first kappa shape index (κ1) is 13.7. The lowest BCUT2D eigenvalue weighted by atomic mass is 10.2. The second-order valence-corrected chi connectivity index (χ2v) is 5.99. The van der Waals surface area contributed by atoms with Gasteiger partial charge in [0.25, 0.3) is 5.91 Å². The van der Waals surface area contributed by atoms with Crippen molar-refractivity contribution in [2.24, 2.45) is 0 Å². The van der Waals surface area contributed by atoms with E-state index in [9.17, 15) is 9.59 Å². The molecule has 3 N–H and O–H groups in total. The maximum Gasteiger partial charge on any atom is 0.266 e. The van der Waals surface area contributed by atoms with Crippen LogP contribution in [-0.2, 0) is 4.79 Å². The first-order chi connectivity index (χ1) is 10.1. The first-order valence-electron chi connectivity index (χ1n) is 6.61. The third kappa shape index (κ3) is 2.54. The molecule has 1 saturated heterocycles. The Bertz CT molecular complexity index is 714. The van der Waals surface area contributed by atoms with Gasteiger partial charge in [0, 0.05) is 38.4 Å².